The first kappa shape index (κ1) is 23.6. The van der Waals surface area contributed by atoms with Crippen LogP contribution in [0.15, 0.2) is 83.3 Å². The summed E-state index contributed by atoms with van der Waals surface area (Å²) in [6.45, 7) is 4.71. The van der Waals surface area contributed by atoms with Gasteiger partial charge in [-0.1, -0.05) is 41.9 Å². The fraction of sp³-hybridized carbons (Fsp3) is 0.233. The third kappa shape index (κ3) is 5.36. The summed E-state index contributed by atoms with van der Waals surface area (Å²) in [7, 11) is 2.17. The van der Waals surface area contributed by atoms with Crippen molar-refractivity contribution in [2.45, 2.75) is 13.0 Å². The Bertz CT molecular complexity index is 1500. The summed E-state index contributed by atoms with van der Waals surface area (Å²) < 4.78 is 12.3. The molecule has 1 saturated heterocycles. The molecular weight excluding hydrogens is 484 g/mol. The van der Waals surface area contributed by atoms with Gasteiger partial charge < -0.3 is 23.9 Å². The Balaban J connectivity index is 1.19. The molecule has 7 heteroatoms. The molecule has 2 aromatic heterocycles. The van der Waals surface area contributed by atoms with Gasteiger partial charge >= 0.3 is 0 Å². The Hall–Kier alpha value is -3.74. The van der Waals surface area contributed by atoms with Gasteiger partial charge in [0.25, 0.3) is 0 Å². The molecule has 0 atom stereocenters. The molecule has 6 nitrogen and oxygen atoms in total. The van der Waals surface area contributed by atoms with Crippen molar-refractivity contribution in [3.05, 3.63) is 101 Å². The van der Waals surface area contributed by atoms with Gasteiger partial charge in [-0.2, -0.15) is 0 Å². The topological polar surface area (TPSA) is 57.5 Å². The molecule has 37 heavy (non-hydrogen) atoms. The molecule has 0 spiro atoms. The highest BCUT2D eigenvalue weighted by Gasteiger charge is 2.17. The van der Waals surface area contributed by atoms with E-state index < -0.39 is 0 Å². The summed E-state index contributed by atoms with van der Waals surface area (Å²) in [4.78, 5) is 13.0. The summed E-state index contributed by atoms with van der Waals surface area (Å²) in [5.74, 6) is 3.05. The minimum absolute atomic E-state index is 0.494. The van der Waals surface area contributed by atoms with E-state index in [1.807, 2.05) is 48.5 Å². The Kier molecular flexibility index (Phi) is 6.60. The van der Waals surface area contributed by atoms with E-state index in [2.05, 4.69) is 52.2 Å². The van der Waals surface area contributed by atoms with Crippen LogP contribution in [0.1, 0.15) is 16.9 Å². The quantitative estimate of drug-likeness (QED) is 0.273. The Morgan fingerprint density at radius 1 is 0.946 bits per heavy atom. The number of benzene rings is 3. The molecular formula is C30H29ClN4O2. The molecule has 0 unspecified atom stereocenters. The van der Waals surface area contributed by atoms with Crippen molar-refractivity contribution >= 4 is 28.3 Å². The lowest BCUT2D eigenvalue weighted by Gasteiger charge is -2.34. The number of likely N-dealkylation sites (N-methyl/N-ethyl adjacent to an activating group) is 1. The van der Waals surface area contributed by atoms with E-state index in [9.17, 15) is 0 Å². The number of H-pyrrole nitrogens is 1. The third-order valence-electron chi connectivity index (χ3n) is 6.85. The van der Waals surface area contributed by atoms with Gasteiger partial charge in [-0.3, -0.25) is 0 Å². The lowest BCUT2D eigenvalue weighted by molar-refractivity contribution is 0.303. The normalized spacial score (nSPS) is 14.4. The smallest absolute Gasteiger partial charge is 0.174 e. The molecule has 1 aliphatic rings. The number of aromatic amines is 1. The van der Waals surface area contributed by atoms with Crippen LogP contribution in [0, 0.1) is 0 Å². The van der Waals surface area contributed by atoms with Gasteiger partial charge in [0, 0.05) is 48.9 Å². The molecule has 3 heterocycles. The summed E-state index contributed by atoms with van der Waals surface area (Å²) in [6.07, 6.45) is 0.568. The van der Waals surface area contributed by atoms with Gasteiger partial charge in [0.2, 0.25) is 0 Å². The number of halogens is 1. The second-order valence-electron chi connectivity index (χ2n) is 9.55. The predicted octanol–water partition coefficient (Wildman–Crippen LogP) is 6.40. The lowest BCUT2D eigenvalue weighted by atomic mass is 10.1. The molecule has 5 aromatic rings. The van der Waals surface area contributed by atoms with E-state index in [0.717, 1.165) is 65.7 Å². The zero-order chi connectivity index (χ0) is 25.2. The summed E-state index contributed by atoms with van der Waals surface area (Å²) in [6, 6.07) is 26.2. The molecule has 1 aliphatic heterocycles. The first-order valence-electron chi connectivity index (χ1n) is 12.6. The zero-order valence-corrected chi connectivity index (χ0v) is 21.5. The Labute approximate surface area is 221 Å². The molecule has 0 radical (unpaired) electrons. The number of aromatic nitrogens is 2. The van der Waals surface area contributed by atoms with Gasteiger partial charge in [-0.15, -0.1) is 0 Å². The SMILES string of the molecule is CN1CCN(c2ccc3nc(-c4ccc(Cc5cc(Cl)ccc5OCc5ccccc5)o4)[nH]c3c2)CC1. The van der Waals surface area contributed by atoms with Crippen molar-refractivity contribution in [1.29, 1.82) is 0 Å². The number of nitrogens with one attached hydrogen (secondary N) is 1. The molecule has 6 rings (SSSR count). The predicted molar refractivity (Wildman–Crippen MR) is 149 cm³/mol. The van der Waals surface area contributed by atoms with Gasteiger partial charge in [0.1, 0.15) is 18.1 Å². The molecule has 1 fully saturated rings. The van der Waals surface area contributed by atoms with E-state index in [4.69, 9.17) is 25.7 Å². The molecule has 0 amide bonds. The monoisotopic (exact) mass is 512 g/mol. The van der Waals surface area contributed by atoms with Crippen LogP contribution in [-0.4, -0.2) is 48.1 Å². The number of furan rings is 1. The number of ether oxygens (including phenoxy) is 1. The van der Waals surface area contributed by atoms with Gasteiger partial charge in [-0.25, -0.2) is 4.98 Å². The third-order valence-corrected chi connectivity index (χ3v) is 7.09. The van der Waals surface area contributed by atoms with E-state index in [1.165, 1.54) is 5.69 Å². The van der Waals surface area contributed by atoms with Gasteiger partial charge in [0.15, 0.2) is 11.6 Å². The lowest BCUT2D eigenvalue weighted by Crippen LogP contribution is -2.44. The van der Waals surface area contributed by atoms with Crippen LogP contribution in [-0.2, 0) is 13.0 Å². The van der Waals surface area contributed by atoms with E-state index in [0.29, 0.717) is 23.8 Å². The number of piperazine rings is 1. The van der Waals surface area contributed by atoms with Crippen LogP contribution >= 0.6 is 11.6 Å². The summed E-state index contributed by atoms with van der Waals surface area (Å²) >= 11 is 6.32. The van der Waals surface area contributed by atoms with Crippen molar-refractivity contribution in [3.63, 3.8) is 0 Å². The first-order valence-corrected chi connectivity index (χ1v) is 13.0. The van der Waals surface area contributed by atoms with Crippen molar-refractivity contribution in [3.8, 4) is 17.3 Å². The summed E-state index contributed by atoms with van der Waals surface area (Å²) in [5, 5.41) is 0.669. The van der Waals surface area contributed by atoms with Crippen LogP contribution in [0.25, 0.3) is 22.6 Å². The van der Waals surface area contributed by atoms with Crippen molar-refractivity contribution in [1.82, 2.24) is 14.9 Å². The van der Waals surface area contributed by atoms with Crippen LogP contribution in [0.3, 0.4) is 0 Å². The molecule has 0 bridgehead atoms. The fourth-order valence-corrected chi connectivity index (χ4v) is 4.92. The van der Waals surface area contributed by atoms with Crippen molar-refractivity contribution in [2.75, 3.05) is 38.1 Å². The zero-order valence-electron chi connectivity index (χ0n) is 20.8. The minimum atomic E-state index is 0.494. The second kappa shape index (κ2) is 10.3. The standard InChI is InChI=1S/C30H29ClN4O2/c1-34-13-15-35(16-14-34)24-8-10-26-27(19-24)33-30(32-26)29-12-9-25(37-29)18-22-17-23(31)7-11-28(22)36-20-21-5-3-2-4-6-21/h2-12,17,19H,13-16,18,20H2,1H3,(H,32,33). The first-order chi connectivity index (χ1) is 18.1. The van der Waals surface area contributed by atoms with Crippen LogP contribution in [0.2, 0.25) is 5.02 Å². The highest BCUT2D eigenvalue weighted by molar-refractivity contribution is 6.30. The average molecular weight is 513 g/mol. The molecule has 0 saturated carbocycles. The maximum absolute atomic E-state index is 6.32. The molecule has 0 aliphatic carbocycles. The minimum Gasteiger partial charge on any atom is -0.489 e. The van der Waals surface area contributed by atoms with Gasteiger partial charge in [-0.05, 0) is 61.1 Å². The van der Waals surface area contributed by atoms with Crippen molar-refractivity contribution in [2.24, 2.45) is 0 Å². The largest absolute Gasteiger partial charge is 0.489 e. The number of hydrogen-bond acceptors (Lipinski definition) is 5. The highest BCUT2D eigenvalue weighted by atomic mass is 35.5. The molecule has 1 N–H and O–H groups in total. The number of rotatable bonds is 7. The van der Waals surface area contributed by atoms with E-state index in [1.54, 1.807) is 0 Å². The Morgan fingerprint density at radius 3 is 2.62 bits per heavy atom. The van der Waals surface area contributed by atoms with E-state index >= 15 is 0 Å². The fourth-order valence-electron chi connectivity index (χ4n) is 4.73. The Morgan fingerprint density at radius 2 is 1.78 bits per heavy atom. The van der Waals surface area contributed by atoms with Crippen LogP contribution in [0.5, 0.6) is 5.75 Å². The van der Waals surface area contributed by atoms with Crippen molar-refractivity contribution < 1.29 is 9.15 Å². The maximum Gasteiger partial charge on any atom is 0.174 e. The van der Waals surface area contributed by atoms with E-state index in [-0.39, 0.29) is 0 Å². The van der Waals surface area contributed by atoms with Crippen LogP contribution < -0.4 is 9.64 Å². The number of hydrogen-bond donors (Lipinski definition) is 1. The highest BCUT2D eigenvalue weighted by Crippen LogP contribution is 2.30. The number of fused-ring (bicyclic) bond motifs is 1. The maximum atomic E-state index is 6.32. The summed E-state index contributed by atoms with van der Waals surface area (Å²) in [5.41, 5.74) is 5.25. The molecule has 188 valence electrons. The molecule has 3 aromatic carbocycles. The number of nitrogens with zero attached hydrogens (tertiary/aromatic N) is 3. The average Bonchev–Trinajstić information content (AvgIpc) is 3.56. The van der Waals surface area contributed by atoms with Gasteiger partial charge in [0.05, 0.1) is 11.0 Å². The second-order valence-corrected chi connectivity index (χ2v) is 9.98. The number of anilines is 1. The van der Waals surface area contributed by atoms with Crippen LogP contribution in [0.4, 0.5) is 5.69 Å². The number of imidazole rings is 1.